The molecule has 0 atom stereocenters. The molecule has 1 aliphatic rings. The van der Waals surface area contributed by atoms with Crippen molar-refractivity contribution in [1.29, 1.82) is 0 Å². The highest BCUT2D eigenvalue weighted by Crippen LogP contribution is 2.35. The Hall–Kier alpha value is -1.27. The van der Waals surface area contributed by atoms with Crippen molar-refractivity contribution in [3.05, 3.63) is 17.7 Å². The van der Waals surface area contributed by atoms with Crippen molar-refractivity contribution in [2.75, 3.05) is 26.1 Å². The predicted molar refractivity (Wildman–Crippen MR) is 61.3 cm³/mol. The summed E-state index contributed by atoms with van der Waals surface area (Å²) in [5.41, 5.74) is 0.555. The van der Waals surface area contributed by atoms with E-state index in [1.165, 1.54) is 6.07 Å². The van der Waals surface area contributed by atoms with Gasteiger partial charge in [-0.05, 0) is 18.1 Å². The van der Waals surface area contributed by atoms with Crippen molar-refractivity contribution in [3.63, 3.8) is 0 Å². The lowest BCUT2D eigenvalue weighted by Crippen LogP contribution is -2.17. The second-order valence-corrected chi connectivity index (χ2v) is 5.83. The largest absolute Gasteiger partial charge is 0.486 e. The number of fused-ring (bicyclic) bond motifs is 1. The SMILES string of the molecule is CS(=O)(=O)c1cc2c(cc1CCO)OCCO2. The lowest BCUT2D eigenvalue weighted by Gasteiger charge is -2.20. The third-order valence-electron chi connectivity index (χ3n) is 2.51. The van der Waals surface area contributed by atoms with Crippen LogP contribution in [0.25, 0.3) is 0 Å². The normalized spacial score (nSPS) is 14.7. The number of aliphatic hydroxyl groups excluding tert-OH is 1. The molecule has 94 valence electrons. The van der Waals surface area contributed by atoms with Crippen molar-refractivity contribution in [2.24, 2.45) is 0 Å². The maximum absolute atomic E-state index is 11.6. The molecule has 0 aromatic heterocycles. The number of rotatable bonds is 3. The van der Waals surface area contributed by atoms with Gasteiger partial charge in [0.1, 0.15) is 13.2 Å². The van der Waals surface area contributed by atoms with E-state index in [0.717, 1.165) is 6.26 Å². The van der Waals surface area contributed by atoms with Gasteiger partial charge in [0.05, 0.1) is 4.90 Å². The summed E-state index contributed by atoms with van der Waals surface area (Å²) in [5.74, 6) is 0.977. The summed E-state index contributed by atoms with van der Waals surface area (Å²) in [6.45, 7) is 0.751. The molecule has 6 heteroatoms. The first kappa shape index (κ1) is 12.2. The molecule has 1 aromatic carbocycles. The lowest BCUT2D eigenvalue weighted by atomic mass is 10.1. The van der Waals surface area contributed by atoms with Gasteiger partial charge < -0.3 is 14.6 Å². The van der Waals surface area contributed by atoms with E-state index in [9.17, 15) is 8.42 Å². The molecular weight excluding hydrogens is 244 g/mol. The van der Waals surface area contributed by atoms with Gasteiger partial charge in [0.25, 0.3) is 0 Å². The Morgan fingerprint density at radius 3 is 2.35 bits per heavy atom. The van der Waals surface area contributed by atoms with Crippen molar-refractivity contribution in [1.82, 2.24) is 0 Å². The van der Waals surface area contributed by atoms with Gasteiger partial charge >= 0.3 is 0 Å². The molecule has 2 rings (SSSR count). The van der Waals surface area contributed by atoms with E-state index in [1.54, 1.807) is 6.07 Å². The first-order valence-corrected chi connectivity index (χ1v) is 7.15. The fourth-order valence-corrected chi connectivity index (χ4v) is 2.73. The maximum atomic E-state index is 11.6. The first-order valence-electron chi connectivity index (χ1n) is 5.26. The average Bonchev–Trinajstić information content (AvgIpc) is 2.27. The second kappa shape index (κ2) is 4.54. The molecule has 0 saturated heterocycles. The first-order chi connectivity index (χ1) is 8.02. The summed E-state index contributed by atoms with van der Waals surface area (Å²) in [6, 6.07) is 3.09. The van der Waals surface area contributed by atoms with Gasteiger partial charge in [-0.25, -0.2) is 8.42 Å². The summed E-state index contributed by atoms with van der Waals surface area (Å²) in [7, 11) is -3.34. The van der Waals surface area contributed by atoms with E-state index in [2.05, 4.69) is 0 Å². The molecule has 0 aliphatic carbocycles. The van der Waals surface area contributed by atoms with E-state index in [1.807, 2.05) is 0 Å². The molecule has 5 nitrogen and oxygen atoms in total. The Morgan fingerprint density at radius 1 is 1.24 bits per heavy atom. The number of aliphatic hydroxyl groups is 1. The smallest absolute Gasteiger partial charge is 0.175 e. The molecule has 0 bridgehead atoms. The lowest BCUT2D eigenvalue weighted by molar-refractivity contribution is 0.170. The van der Waals surface area contributed by atoms with Gasteiger partial charge in [-0.3, -0.25) is 0 Å². The summed E-state index contributed by atoms with van der Waals surface area (Å²) in [5, 5.41) is 8.95. The number of sulfone groups is 1. The van der Waals surface area contributed by atoms with Gasteiger partial charge in [0.15, 0.2) is 21.3 Å². The van der Waals surface area contributed by atoms with Crippen LogP contribution in [-0.2, 0) is 16.3 Å². The van der Waals surface area contributed by atoms with E-state index < -0.39 is 9.84 Å². The molecular formula is C11H14O5S. The molecule has 0 unspecified atom stereocenters. The monoisotopic (exact) mass is 258 g/mol. The van der Waals surface area contributed by atoms with Crippen molar-refractivity contribution in [2.45, 2.75) is 11.3 Å². The van der Waals surface area contributed by atoms with Gasteiger partial charge in [-0.1, -0.05) is 0 Å². The highest BCUT2D eigenvalue weighted by Gasteiger charge is 2.20. The molecule has 0 amide bonds. The van der Waals surface area contributed by atoms with Crippen LogP contribution >= 0.6 is 0 Å². The minimum absolute atomic E-state index is 0.109. The summed E-state index contributed by atoms with van der Waals surface area (Å²) in [4.78, 5) is 0.191. The Balaban J connectivity index is 2.56. The fourth-order valence-electron chi connectivity index (χ4n) is 1.77. The van der Waals surface area contributed by atoms with Gasteiger partial charge in [-0.15, -0.1) is 0 Å². The van der Waals surface area contributed by atoms with Crippen LogP contribution in [0, 0.1) is 0 Å². The Morgan fingerprint density at radius 2 is 1.82 bits per heavy atom. The third kappa shape index (κ3) is 2.53. The topological polar surface area (TPSA) is 72.8 Å². The third-order valence-corrected chi connectivity index (χ3v) is 3.68. The minimum atomic E-state index is -3.34. The highest BCUT2D eigenvalue weighted by atomic mass is 32.2. The Kier molecular flexibility index (Phi) is 3.26. The van der Waals surface area contributed by atoms with Crippen molar-refractivity contribution in [3.8, 4) is 11.5 Å². The Labute approximate surface area is 99.9 Å². The number of ether oxygens (including phenoxy) is 2. The van der Waals surface area contributed by atoms with E-state index in [-0.39, 0.29) is 17.9 Å². The maximum Gasteiger partial charge on any atom is 0.175 e. The van der Waals surface area contributed by atoms with Gasteiger partial charge in [0.2, 0.25) is 0 Å². The van der Waals surface area contributed by atoms with Crippen LogP contribution in [0.5, 0.6) is 11.5 Å². The van der Waals surface area contributed by atoms with Crippen LogP contribution in [0.1, 0.15) is 5.56 Å². The van der Waals surface area contributed by atoms with Crippen LogP contribution in [0.2, 0.25) is 0 Å². The number of hydrogen-bond acceptors (Lipinski definition) is 5. The molecule has 0 saturated carbocycles. The zero-order valence-electron chi connectivity index (χ0n) is 9.47. The van der Waals surface area contributed by atoms with Crippen molar-refractivity contribution < 1.29 is 23.0 Å². The van der Waals surface area contributed by atoms with E-state index in [0.29, 0.717) is 30.3 Å². The van der Waals surface area contributed by atoms with Crippen LogP contribution in [0.15, 0.2) is 17.0 Å². The summed E-state index contributed by atoms with van der Waals surface area (Å²) in [6.07, 6.45) is 1.42. The second-order valence-electron chi connectivity index (χ2n) is 3.85. The zero-order valence-corrected chi connectivity index (χ0v) is 10.3. The fraction of sp³-hybridized carbons (Fsp3) is 0.455. The van der Waals surface area contributed by atoms with Crippen molar-refractivity contribution >= 4 is 9.84 Å². The highest BCUT2D eigenvalue weighted by molar-refractivity contribution is 7.90. The number of hydrogen-bond donors (Lipinski definition) is 1. The van der Waals surface area contributed by atoms with Crippen LogP contribution < -0.4 is 9.47 Å². The summed E-state index contributed by atoms with van der Waals surface area (Å²) >= 11 is 0. The van der Waals surface area contributed by atoms with Crippen LogP contribution in [0.3, 0.4) is 0 Å². The molecule has 1 heterocycles. The quantitative estimate of drug-likeness (QED) is 0.849. The number of benzene rings is 1. The van der Waals surface area contributed by atoms with Crippen LogP contribution in [0.4, 0.5) is 0 Å². The Bertz CT molecular complexity index is 521. The zero-order chi connectivity index (χ0) is 12.5. The van der Waals surface area contributed by atoms with Gasteiger partial charge in [0, 0.05) is 18.9 Å². The molecule has 1 N–H and O–H groups in total. The molecule has 0 radical (unpaired) electrons. The molecule has 0 fully saturated rings. The molecule has 1 aromatic rings. The van der Waals surface area contributed by atoms with E-state index in [4.69, 9.17) is 14.6 Å². The molecule has 1 aliphatic heterocycles. The minimum Gasteiger partial charge on any atom is -0.486 e. The van der Waals surface area contributed by atoms with Crippen LogP contribution in [-0.4, -0.2) is 39.6 Å². The standard InChI is InChI=1S/C11H14O5S/c1-17(13,14)11-7-10-9(15-4-5-16-10)6-8(11)2-3-12/h6-7,12H,2-5H2,1H3. The average molecular weight is 258 g/mol. The van der Waals surface area contributed by atoms with Gasteiger partial charge in [-0.2, -0.15) is 0 Å². The predicted octanol–water partition coefficient (Wildman–Crippen LogP) is 0.396. The molecule has 17 heavy (non-hydrogen) atoms. The van der Waals surface area contributed by atoms with E-state index >= 15 is 0 Å². The molecule has 0 spiro atoms. The summed E-state index contributed by atoms with van der Waals surface area (Å²) < 4.78 is 34.0.